The van der Waals surface area contributed by atoms with Gasteiger partial charge < -0.3 is 14.8 Å². The lowest BCUT2D eigenvalue weighted by atomic mass is 10.1. The number of aryl methyl sites for hydroxylation is 2. The third kappa shape index (κ3) is 5.11. The van der Waals surface area contributed by atoms with Crippen LogP contribution >= 0.6 is 0 Å². The molecule has 2 aromatic carbocycles. The first kappa shape index (κ1) is 18.6. The summed E-state index contributed by atoms with van der Waals surface area (Å²) in [6.45, 7) is 6.65. The molecule has 0 saturated carbocycles. The molecular formula is C21H25NO3. The van der Waals surface area contributed by atoms with E-state index in [1.54, 1.807) is 13.2 Å². The van der Waals surface area contributed by atoms with Crippen molar-refractivity contribution >= 4 is 17.7 Å². The van der Waals surface area contributed by atoms with Gasteiger partial charge in [0.1, 0.15) is 0 Å². The predicted octanol–water partition coefficient (Wildman–Crippen LogP) is 4.75. The molecule has 2 aromatic rings. The number of amides is 1. The normalized spacial score (nSPS) is 10.7. The first-order chi connectivity index (χ1) is 12.0. The van der Waals surface area contributed by atoms with Crippen LogP contribution in [0, 0.1) is 13.8 Å². The standard InChI is InChI=1S/C21H25NO3/c1-5-13-25-18-11-9-17(14-19(18)24-4)10-12-20(23)22-21-15(2)7-6-8-16(21)3/h6-12,14H,5,13H2,1-4H3,(H,22,23)/b12-10+. The molecule has 2 rings (SSSR count). The number of methoxy groups -OCH3 is 1. The molecule has 4 heteroatoms. The van der Waals surface area contributed by atoms with Gasteiger partial charge in [0, 0.05) is 11.8 Å². The molecule has 0 radical (unpaired) electrons. The van der Waals surface area contributed by atoms with E-state index in [-0.39, 0.29) is 5.91 Å². The molecule has 0 aliphatic heterocycles. The topological polar surface area (TPSA) is 47.6 Å². The average molecular weight is 339 g/mol. The van der Waals surface area contributed by atoms with Gasteiger partial charge in [-0.25, -0.2) is 0 Å². The van der Waals surface area contributed by atoms with Crippen LogP contribution in [0.3, 0.4) is 0 Å². The van der Waals surface area contributed by atoms with Crippen LogP contribution in [0.25, 0.3) is 6.08 Å². The molecule has 0 aromatic heterocycles. The number of carbonyl (C=O) groups excluding carboxylic acids is 1. The second-order valence-electron chi connectivity index (χ2n) is 5.85. The van der Waals surface area contributed by atoms with Crippen molar-refractivity contribution in [1.29, 1.82) is 0 Å². The number of carbonyl (C=O) groups is 1. The lowest BCUT2D eigenvalue weighted by Crippen LogP contribution is -2.10. The molecule has 4 nitrogen and oxygen atoms in total. The third-order valence-electron chi connectivity index (χ3n) is 3.81. The number of benzene rings is 2. The number of ether oxygens (including phenoxy) is 2. The Bertz CT molecular complexity index is 745. The SMILES string of the molecule is CCCOc1ccc(/C=C/C(=O)Nc2c(C)cccc2C)cc1OC. The van der Waals surface area contributed by atoms with Crippen LogP contribution in [0.5, 0.6) is 11.5 Å². The number of hydrogen-bond donors (Lipinski definition) is 1. The molecule has 1 N–H and O–H groups in total. The van der Waals surface area contributed by atoms with Crippen LogP contribution < -0.4 is 14.8 Å². The van der Waals surface area contributed by atoms with Crippen LogP contribution in [0.15, 0.2) is 42.5 Å². The van der Waals surface area contributed by atoms with Crippen LogP contribution in [0.4, 0.5) is 5.69 Å². The van der Waals surface area contributed by atoms with Crippen molar-refractivity contribution in [2.75, 3.05) is 19.0 Å². The number of anilines is 1. The summed E-state index contributed by atoms with van der Waals surface area (Å²) < 4.78 is 11.0. The molecule has 0 aliphatic rings. The molecule has 1 amide bonds. The largest absolute Gasteiger partial charge is 0.493 e. The molecule has 0 spiro atoms. The van der Waals surface area contributed by atoms with Gasteiger partial charge in [0.2, 0.25) is 5.91 Å². The highest BCUT2D eigenvalue weighted by molar-refractivity contribution is 6.02. The third-order valence-corrected chi connectivity index (χ3v) is 3.81. The van der Waals surface area contributed by atoms with Crippen LogP contribution in [0.2, 0.25) is 0 Å². The first-order valence-electron chi connectivity index (χ1n) is 8.41. The molecule has 0 atom stereocenters. The van der Waals surface area contributed by atoms with Crippen LogP contribution in [-0.2, 0) is 4.79 Å². The highest BCUT2D eigenvalue weighted by Crippen LogP contribution is 2.28. The van der Waals surface area contributed by atoms with Crippen molar-refractivity contribution in [3.05, 3.63) is 59.2 Å². The molecule has 132 valence electrons. The van der Waals surface area contributed by atoms with Gasteiger partial charge in [-0.05, 0) is 55.2 Å². The summed E-state index contributed by atoms with van der Waals surface area (Å²) in [6, 6.07) is 11.5. The maximum Gasteiger partial charge on any atom is 0.248 e. The second-order valence-corrected chi connectivity index (χ2v) is 5.85. The fraction of sp³-hybridized carbons (Fsp3) is 0.286. The Morgan fingerprint density at radius 3 is 2.48 bits per heavy atom. The average Bonchev–Trinajstić information content (AvgIpc) is 2.61. The molecule has 0 fully saturated rings. The van der Waals surface area contributed by atoms with Crippen LogP contribution in [-0.4, -0.2) is 19.6 Å². The summed E-state index contributed by atoms with van der Waals surface area (Å²) in [4.78, 5) is 12.2. The molecule has 0 bridgehead atoms. The van der Waals surface area contributed by atoms with Crippen LogP contribution in [0.1, 0.15) is 30.0 Å². The molecular weight excluding hydrogens is 314 g/mol. The zero-order chi connectivity index (χ0) is 18.2. The lowest BCUT2D eigenvalue weighted by molar-refractivity contribution is -0.111. The van der Waals surface area contributed by atoms with Gasteiger partial charge in [-0.1, -0.05) is 31.2 Å². The minimum atomic E-state index is -0.164. The first-order valence-corrected chi connectivity index (χ1v) is 8.41. The highest BCUT2D eigenvalue weighted by Gasteiger charge is 2.06. The fourth-order valence-electron chi connectivity index (χ4n) is 2.47. The second kappa shape index (κ2) is 8.92. The van der Waals surface area contributed by atoms with Gasteiger partial charge in [-0.3, -0.25) is 4.79 Å². The highest BCUT2D eigenvalue weighted by atomic mass is 16.5. The minimum absolute atomic E-state index is 0.164. The summed E-state index contributed by atoms with van der Waals surface area (Å²) in [7, 11) is 1.61. The number of rotatable bonds is 7. The van der Waals surface area contributed by atoms with Gasteiger partial charge in [0.05, 0.1) is 13.7 Å². The Morgan fingerprint density at radius 2 is 1.84 bits per heavy atom. The number of hydrogen-bond acceptors (Lipinski definition) is 3. The Labute approximate surface area is 149 Å². The van der Waals surface area contributed by atoms with Gasteiger partial charge in [0.15, 0.2) is 11.5 Å². The van der Waals surface area contributed by atoms with E-state index in [1.165, 1.54) is 6.08 Å². The molecule has 0 unspecified atom stereocenters. The molecule has 25 heavy (non-hydrogen) atoms. The van der Waals surface area contributed by atoms with E-state index >= 15 is 0 Å². The Kier molecular flexibility index (Phi) is 6.63. The Morgan fingerprint density at radius 1 is 1.12 bits per heavy atom. The van der Waals surface area contributed by atoms with Crippen molar-refractivity contribution < 1.29 is 14.3 Å². The monoisotopic (exact) mass is 339 g/mol. The van der Waals surface area contributed by atoms with E-state index in [0.29, 0.717) is 18.1 Å². The van der Waals surface area contributed by atoms with E-state index in [1.807, 2.05) is 50.2 Å². The van der Waals surface area contributed by atoms with Crippen molar-refractivity contribution in [2.24, 2.45) is 0 Å². The van der Waals surface area contributed by atoms with E-state index in [4.69, 9.17) is 9.47 Å². The fourth-order valence-corrected chi connectivity index (χ4v) is 2.47. The summed E-state index contributed by atoms with van der Waals surface area (Å²) >= 11 is 0. The van der Waals surface area contributed by atoms with E-state index in [0.717, 1.165) is 28.8 Å². The van der Waals surface area contributed by atoms with Gasteiger partial charge in [-0.15, -0.1) is 0 Å². The van der Waals surface area contributed by atoms with Gasteiger partial charge in [0.25, 0.3) is 0 Å². The van der Waals surface area contributed by atoms with E-state index in [9.17, 15) is 4.79 Å². The molecule has 0 heterocycles. The Balaban J connectivity index is 2.09. The van der Waals surface area contributed by atoms with E-state index < -0.39 is 0 Å². The maximum absolute atomic E-state index is 12.2. The quantitative estimate of drug-likeness (QED) is 0.740. The summed E-state index contributed by atoms with van der Waals surface area (Å²) in [5.41, 5.74) is 3.82. The van der Waals surface area contributed by atoms with Gasteiger partial charge >= 0.3 is 0 Å². The van der Waals surface area contributed by atoms with Crippen molar-refractivity contribution in [1.82, 2.24) is 0 Å². The van der Waals surface area contributed by atoms with Crippen molar-refractivity contribution in [3.63, 3.8) is 0 Å². The maximum atomic E-state index is 12.2. The zero-order valence-corrected chi connectivity index (χ0v) is 15.3. The summed E-state index contributed by atoms with van der Waals surface area (Å²) in [5, 5.41) is 2.93. The summed E-state index contributed by atoms with van der Waals surface area (Å²) in [6.07, 6.45) is 4.21. The zero-order valence-electron chi connectivity index (χ0n) is 15.3. The number of para-hydroxylation sites is 1. The Hall–Kier alpha value is -2.75. The summed E-state index contributed by atoms with van der Waals surface area (Å²) in [5.74, 6) is 1.20. The minimum Gasteiger partial charge on any atom is -0.493 e. The van der Waals surface area contributed by atoms with Gasteiger partial charge in [-0.2, -0.15) is 0 Å². The smallest absolute Gasteiger partial charge is 0.248 e. The van der Waals surface area contributed by atoms with Crippen molar-refractivity contribution in [3.8, 4) is 11.5 Å². The number of nitrogens with one attached hydrogen (secondary N) is 1. The predicted molar refractivity (Wildman–Crippen MR) is 102 cm³/mol. The molecule has 0 saturated heterocycles. The van der Waals surface area contributed by atoms with Crippen molar-refractivity contribution in [2.45, 2.75) is 27.2 Å². The lowest BCUT2D eigenvalue weighted by Gasteiger charge is -2.11. The molecule has 0 aliphatic carbocycles. The van der Waals surface area contributed by atoms with E-state index in [2.05, 4.69) is 12.2 Å².